The van der Waals surface area contributed by atoms with E-state index in [0.29, 0.717) is 69.3 Å². The van der Waals surface area contributed by atoms with Gasteiger partial charge in [-0.3, -0.25) is 18.9 Å². The molecule has 0 spiro atoms. The number of unbranched alkanes of at least 4 members (excludes halogenated alkanes) is 3. The molecule has 0 radical (unpaired) electrons. The minimum atomic E-state index is -0.314. The number of carbonyl (C=O) groups excluding carboxylic acids is 2. The molecule has 0 bridgehead atoms. The summed E-state index contributed by atoms with van der Waals surface area (Å²) in [4.78, 5) is 29.1. The van der Waals surface area contributed by atoms with Gasteiger partial charge in [-0.1, -0.05) is 11.6 Å². The lowest BCUT2D eigenvalue weighted by Crippen LogP contribution is -2.49. The molecular formula is C24H35FN6O4. The Labute approximate surface area is 205 Å². The number of aliphatic hydroxyl groups is 1. The molecular weight excluding hydrogens is 455 g/mol. The zero-order valence-corrected chi connectivity index (χ0v) is 20.3. The van der Waals surface area contributed by atoms with Gasteiger partial charge >= 0.3 is 0 Å². The maximum Gasteiger partial charge on any atom is 0.276 e. The highest BCUT2D eigenvalue weighted by Crippen LogP contribution is 2.25. The number of carbonyl (C=O) groups is 2. The smallest absolute Gasteiger partial charge is 0.276 e. The lowest BCUT2D eigenvalue weighted by Gasteiger charge is -2.33. The standard InChI is InChI=1S/C24H35FN6O4/c1-2-26-23(33)19-7-8-21(22(17-19)35-16-6-4-3-5-9-25)31-18-20(27-28-31)24(34)30-12-10-29(11-13-30)14-15-32/h7-8,17-18,32H,2-6,9-16H2,1H3,(H,26,33). The number of halogens is 1. The van der Waals surface area contributed by atoms with E-state index in [0.717, 1.165) is 19.3 Å². The van der Waals surface area contributed by atoms with Gasteiger partial charge in [-0.15, -0.1) is 5.10 Å². The van der Waals surface area contributed by atoms with Crippen LogP contribution in [0.25, 0.3) is 5.69 Å². The fraction of sp³-hybridized carbons (Fsp3) is 0.583. The van der Waals surface area contributed by atoms with Crippen LogP contribution in [0.15, 0.2) is 24.4 Å². The molecule has 2 aromatic rings. The maximum atomic E-state index is 12.9. The summed E-state index contributed by atoms with van der Waals surface area (Å²) in [5.74, 6) is 0.0524. The van der Waals surface area contributed by atoms with Crippen molar-refractivity contribution in [3.05, 3.63) is 35.7 Å². The molecule has 0 saturated carbocycles. The molecule has 10 nitrogen and oxygen atoms in total. The average Bonchev–Trinajstić information content (AvgIpc) is 3.36. The van der Waals surface area contributed by atoms with Gasteiger partial charge in [-0.05, 0) is 44.4 Å². The molecule has 1 aliphatic rings. The molecule has 3 rings (SSSR count). The third-order valence-electron chi connectivity index (χ3n) is 5.88. The Kier molecular flexibility index (Phi) is 10.4. The topological polar surface area (TPSA) is 113 Å². The van der Waals surface area contributed by atoms with Crippen molar-refractivity contribution in [1.82, 2.24) is 30.1 Å². The van der Waals surface area contributed by atoms with Crippen LogP contribution in [0.2, 0.25) is 0 Å². The van der Waals surface area contributed by atoms with E-state index in [4.69, 9.17) is 9.84 Å². The second-order valence-electron chi connectivity index (χ2n) is 8.40. The highest BCUT2D eigenvalue weighted by atomic mass is 19.1. The van der Waals surface area contributed by atoms with E-state index < -0.39 is 0 Å². The number of β-amino-alcohol motifs (C(OH)–C–C–N with tert-alkyl or cyclic N) is 1. The van der Waals surface area contributed by atoms with Crippen molar-refractivity contribution < 1.29 is 23.8 Å². The SMILES string of the molecule is CCNC(=O)c1ccc(-n2cc(C(=O)N3CCN(CCO)CC3)nn2)c(OCCCCCCF)c1. The van der Waals surface area contributed by atoms with E-state index in [1.165, 1.54) is 4.68 Å². The molecule has 1 saturated heterocycles. The highest BCUT2D eigenvalue weighted by Gasteiger charge is 2.24. The molecule has 0 aliphatic carbocycles. The van der Waals surface area contributed by atoms with Crippen molar-refractivity contribution in [2.75, 3.05) is 59.2 Å². The highest BCUT2D eigenvalue weighted by molar-refractivity contribution is 5.95. The summed E-state index contributed by atoms with van der Waals surface area (Å²) in [5.41, 5.74) is 1.26. The number of rotatable bonds is 13. The minimum Gasteiger partial charge on any atom is -0.491 e. The number of alkyl halides is 1. The molecule has 1 aromatic heterocycles. The first-order valence-corrected chi connectivity index (χ1v) is 12.2. The van der Waals surface area contributed by atoms with Gasteiger partial charge in [-0.2, -0.15) is 0 Å². The van der Waals surface area contributed by atoms with E-state index in [1.807, 2.05) is 6.92 Å². The summed E-state index contributed by atoms with van der Waals surface area (Å²) in [6, 6.07) is 5.06. The minimum absolute atomic E-state index is 0.100. The van der Waals surface area contributed by atoms with Crippen LogP contribution >= 0.6 is 0 Å². The lowest BCUT2D eigenvalue weighted by molar-refractivity contribution is 0.0609. The molecule has 1 aromatic carbocycles. The first-order chi connectivity index (χ1) is 17.1. The number of hydrogen-bond acceptors (Lipinski definition) is 7. The van der Waals surface area contributed by atoms with Gasteiger partial charge in [0.2, 0.25) is 0 Å². The van der Waals surface area contributed by atoms with Gasteiger partial charge in [0.1, 0.15) is 11.4 Å². The molecule has 2 heterocycles. The molecule has 1 fully saturated rings. The third-order valence-corrected chi connectivity index (χ3v) is 5.88. The van der Waals surface area contributed by atoms with Crippen LogP contribution < -0.4 is 10.1 Å². The van der Waals surface area contributed by atoms with Crippen molar-refractivity contribution in [1.29, 1.82) is 0 Å². The fourth-order valence-corrected chi connectivity index (χ4v) is 3.91. The van der Waals surface area contributed by atoms with Crippen molar-refractivity contribution in [3.63, 3.8) is 0 Å². The number of ether oxygens (including phenoxy) is 1. The van der Waals surface area contributed by atoms with Crippen molar-refractivity contribution >= 4 is 11.8 Å². The summed E-state index contributed by atoms with van der Waals surface area (Å²) >= 11 is 0. The predicted molar refractivity (Wildman–Crippen MR) is 129 cm³/mol. The Morgan fingerprint density at radius 2 is 1.91 bits per heavy atom. The summed E-state index contributed by atoms with van der Waals surface area (Å²) in [6.07, 6.45) is 4.52. The zero-order chi connectivity index (χ0) is 25.0. The Morgan fingerprint density at radius 1 is 1.14 bits per heavy atom. The Hall–Kier alpha value is -3.05. The Morgan fingerprint density at radius 3 is 2.63 bits per heavy atom. The number of amides is 2. The normalized spacial score (nSPS) is 14.2. The third kappa shape index (κ3) is 7.46. The quantitative estimate of drug-likeness (QED) is 0.411. The van der Waals surface area contributed by atoms with Crippen LogP contribution in [0.1, 0.15) is 53.5 Å². The number of nitrogens with one attached hydrogen (secondary N) is 1. The number of nitrogens with zero attached hydrogens (tertiary/aromatic N) is 5. The van der Waals surface area contributed by atoms with Crippen LogP contribution in [0.5, 0.6) is 5.75 Å². The van der Waals surface area contributed by atoms with Crippen LogP contribution in [0, 0.1) is 0 Å². The van der Waals surface area contributed by atoms with E-state index in [2.05, 4.69) is 20.5 Å². The largest absolute Gasteiger partial charge is 0.491 e. The van der Waals surface area contributed by atoms with E-state index in [9.17, 15) is 14.0 Å². The zero-order valence-electron chi connectivity index (χ0n) is 20.3. The second kappa shape index (κ2) is 13.7. The molecule has 192 valence electrons. The maximum absolute atomic E-state index is 12.9. The number of benzene rings is 1. The Bertz CT molecular complexity index is 961. The van der Waals surface area contributed by atoms with Crippen LogP contribution in [-0.2, 0) is 0 Å². The first kappa shape index (κ1) is 26.6. The molecule has 2 amide bonds. The Balaban J connectivity index is 1.72. The molecule has 0 unspecified atom stereocenters. The van der Waals surface area contributed by atoms with Crippen LogP contribution in [0.4, 0.5) is 4.39 Å². The van der Waals surface area contributed by atoms with Gasteiger partial charge in [0.25, 0.3) is 11.8 Å². The monoisotopic (exact) mass is 490 g/mol. The molecule has 35 heavy (non-hydrogen) atoms. The molecule has 0 atom stereocenters. The summed E-state index contributed by atoms with van der Waals surface area (Å²) < 4.78 is 19.8. The number of aromatic nitrogens is 3. The van der Waals surface area contributed by atoms with E-state index >= 15 is 0 Å². The van der Waals surface area contributed by atoms with Gasteiger partial charge in [0.15, 0.2) is 5.69 Å². The lowest BCUT2D eigenvalue weighted by atomic mass is 10.1. The van der Waals surface area contributed by atoms with Crippen LogP contribution in [-0.4, -0.2) is 101 Å². The van der Waals surface area contributed by atoms with Crippen molar-refractivity contribution in [2.45, 2.75) is 32.6 Å². The van der Waals surface area contributed by atoms with Gasteiger partial charge in [0, 0.05) is 44.8 Å². The summed E-state index contributed by atoms with van der Waals surface area (Å²) in [5, 5.41) is 20.1. The van der Waals surface area contributed by atoms with Crippen molar-refractivity contribution in [3.8, 4) is 11.4 Å². The van der Waals surface area contributed by atoms with Gasteiger partial charge in [0.05, 0.1) is 26.1 Å². The molecule has 11 heteroatoms. The number of hydrogen-bond donors (Lipinski definition) is 2. The van der Waals surface area contributed by atoms with Crippen molar-refractivity contribution in [2.24, 2.45) is 0 Å². The first-order valence-electron chi connectivity index (χ1n) is 12.2. The predicted octanol–water partition coefficient (Wildman–Crippen LogP) is 1.68. The number of piperazine rings is 1. The van der Waals surface area contributed by atoms with Gasteiger partial charge < -0.3 is 20.1 Å². The molecule has 1 aliphatic heterocycles. The van der Waals surface area contributed by atoms with E-state index in [1.54, 1.807) is 29.3 Å². The second-order valence-corrected chi connectivity index (χ2v) is 8.40. The summed E-state index contributed by atoms with van der Waals surface area (Å²) in [6.45, 7) is 5.67. The van der Waals surface area contributed by atoms with E-state index in [-0.39, 0.29) is 30.8 Å². The fourth-order valence-electron chi connectivity index (χ4n) is 3.91. The van der Waals surface area contributed by atoms with Gasteiger partial charge in [-0.25, -0.2) is 4.68 Å². The summed E-state index contributed by atoms with van der Waals surface area (Å²) in [7, 11) is 0. The average molecular weight is 491 g/mol. The van der Waals surface area contributed by atoms with Crippen LogP contribution in [0.3, 0.4) is 0 Å². The number of aliphatic hydroxyl groups excluding tert-OH is 1. The molecule has 2 N–H and O–H groups in total.